The van der Waals surface area contributed by atoms with Gasteiger partial charge >= 0.3 is 6.18 Å². The van der Waals surface area contributed by atoms with Crippen LogP contribution in [0.2, 0.25) is 0 Å². The average molecular weight is 254 g/mol. The van der Waals surface area contributed by atoms with Gasteiger partial charge in [-0.3, -0.25) is 0 Å². The lowest BCUT2D eigenvalue weighted by atomic mass is 9.99. The molecular weight excluding hydrogens is 245 g/mol. The van der Waals surface area contributed by atoms with E-state index in [1.165, 1.54) is 12.1 Å². The van der Waals surface area contributed by atoms with Crippen LogP contribution in [0.5, 0.6) is 0 Å². The summed E-state index contributed by atoms with van der Waals surface area (Å²) in [6, 6.07) is 12.2. The molecule has 0 aliphatic heterocycles. The van der Waals surface area contributed by atoms with Gasteiger partial charge in [-0.1, -0.05) is 36.4 Å². The van der Waals surface area contributed by atoms with E-state index in [4.69, 9.17) is 0 Å². The Morgan fingerprint density at radius 3 is 1.88 bits per heavy atom. The minimum absolute atomic E-state index is 0.158. The highest BCUT2D eigenvalue weighted by atomic mass is 32.1. The molecular formula is C13H9F3S. The molecule has 0 aliphatic carbocycles. The summed E-state index contributed by atoms with van der Waals surface area (Å²) in [7, 11) is 0. The number of rotatable bonds is 1. The summed E-state index contributed by atoms with van der Waals surface area (Å²) in [6.45, 7) is 0. The molecule has 0 fully saturated rings. The highest BCUT2D eigenvalue weighted by Crippen LogP contribution is 2.38. The van der Waals surface area contributed by atoms with Crippen molar-refractivity contribution in [2.24, 2.45) is 0 Å². The van der Waals surface area contributed by atoms with Crippen LogP contribution >= 0.6 is 12.6 Å². The van der Waals surface area contributed by atoms with Crippen molar-refractivity contribution in [2.75, 3.05) is 0 Å². The molecule has 88 valence electrons. The van der Waals surface area contributed by atoms with Crippen molar-refractivity contribution in [3.05, 3.63) is 54.1 Å². The fourth-order valence-electron chi connectivity index (χ4n) is 1.67. The Balaban J connectivity index is 2.65. The topological polar surface area (TPSA) is 0 Å². The van der Waals surface area contributed by atoms with Gasteiger partial charge in [0.15, 0.2) is 0 Å². The van der Waals surface area contributed by atoms with E-state index < -0.39 is 11.7 Å². The summed E-state index contributed by atoms with van der Waals surface area (Å²) in [6.07, 6.45) is -4.35. The zero-order chi connectivity index (χ0) is 12.5. The number of hydrogen-bond donors (Lipinski definition) is 1. The molecule has 0 spiro atoms. The number of hydrogen-bond acceptors (Lipinski definition) is 1. The highest BCUT2D eigenvalue weighted by Gasteiger charge is 2.33. The number of halogens is 3. The third-order valence-electron chi connectivity index (χ3n) is 2.43. The second-order valence-corrected chi connectivity index (χ2v) is 4.04. The largest absolute Gasteiger partial charge is 0.417 e. The van der Waals surface area contributed by atoms with Crippen LogP contribution in [0.3, 0.4) is 0 Å². The first-order valence-corrected chi connectivity index (χ1v) is 5.39. The molecule has 0 N–H and O–H groups in total. The molecule has 0 nitrogen and oxygen atoms in total. The highest BCUT2D eigenvalue weighted by molar-refractivity contribution is 7.80. The number of alkyl halides is 3. The molecule has 17 heavy (non-hydrogen) atoms. The van der Waals surface area contributed by atoms with Gasteiger partial charge < -0.3 is 0 Å². The Bertz CT molecular complexity index is 532. The molecule has 0 aliphatic rings. The maximum atomic E-state index is 12.8. The van der Waals surface area contributed by atoms with Gasteiger partial charge in [-0.2, -0.15) is 13.2 Å². The fourth-order valence-corrected chi connectivity index (χ4v) is 1.95. The van der Waals surface area contributed by atoms with E-state index in [1.54, 1.807) is 30.3 Å². The number of thiol groups is 1. The Morgan fingerprint density at radius 1 is 0.765 bits per heavy atom. The van der Waals surface area contributed by atoms with Crippen LogP contribution in [0.15, 0.2) is 53.4 Å². The molecule has 2 rings (SSSR count). The third kappa shape index (κ3) is 2.47. The molecule has 0 unspecified atom stereocenters. The normalized spacial score (nSPS) is 11.5. The van der Waals surface area contributed by atoms with Gasteiger partial charge in [-0.05, 0) is 23.3 Å². The zero-order valence-electron chi connectivity index (χ0n) is 8.70. The predicted molar refractivity (Wildman–Crippen MR) is 64.1 cm³/mol. The predicted octanol–water partition coefficient (Wildman–Crippen LogP) is 4.66. The first-order valence-electron chi connectivity index (χ1n) is 4.95. The van der Waals surface area contributed by atoms with E-state index in [0.29, 0.717) is 10.5 Å². The van der Waals surface area contributed by atoms with Crippen LogP contribution in [0.4, 0.5) is 13.2 Å². The Morgan fingerprint density at radius 2 is 1.29 bits per heavy atom. The van der Waals surface area contributed by atoms with Crippen molar-refractivity contribution in [3.63, 3.8) is 0 Å². The Labute approximate surface area is 103 Å². The SMILES string of the molecule is FC(F)(F)c1ccccc1-c1ccccc1S. The number of benzene rings is 2. The van der Waals surface area contributed by atoms with E-state index in [2.05, 4.69) is 12.6 Å². The van der Waals surface area contributed by atoms with Gasteiger partial charge in [0.05, 0.1) is 5.56 Å². The lowest BCUT2D eigenvalue weighted by molar-refractivity contribution is -0.137. The van der Waals surface area contributed by atoms with Crippen LogP contribution in [0.25, 0.3) is 11.1 Å². The zero-order valence-corrected chi connectivity index (χ0v) is 9.59. The summed E-state index contributed by atoms with van der Waals surface area (Å²) in [4.78, 5) is 0.532. The molecule has 4 heteroatoms. The maximum absolute atomic E-state index is 12.8. The van der Waals surface area contributed by atoms with Crippen LogP contribution in [0.1, 0.15) is 5.56 Å². The van der Waals surface area contributed by atoms with Crippen molar-refractivity contribution < 1.29 is 13.2 Å². The Kier molecular flexibility index (Phi) is 3.15. The maximum Gasteiger partial charge on any atom is 0.417 e. The van der Waals surface area contributed by atoms with Gasteiger partial charge in [0.25, 0.3) is 0 Å². The molecule has 0 atom stereocenters. The molecule has 0 saturated heterocycles. The fraction of sp³-hybridized carbons (Fsp3) is 0.0769. The van der Waals surface area contributed by atoms with E-state index in [1.807, 2.05) is 0 Å². The minimum atomic E-state index is -4.35. The molecule has 2 aromatic carbocycles. The van der Waals surface area contributed by atoms with Gasteiger partial charge in [-0.15, -0.1) is 12.6 Å². The molecule has 0 saturated carbocycles. The van der Waals surface area contributed by atoms with Crippen molar-refractivity contribution in [1.82, 2.24) is 0 Å². The minimum Gasteiger partial charge on any atom is -0.166 e. The summed E-state index contributed by atoms with van der Waals surface area (Å²) < 4.78 is 38.5. The van der Waals surface area contributed by atoms with Crippen LogP contribution in [-0.2, 0) is 6.18 Å². The second kappa shape index (κ2) is 4.45. The van der Waals surface area contributed by atoms with Crippen molar-refractivity contribution in [2.45, 2.75) is 11.1 Å². The quantitative estimate of drug-likeness (QED) is 0.703. The van der Waals surface area contributed by atoms with Crippen LogP contribution in [-0.4, -0.2) is 0 Å². The lowest BCUT2D eigenvalue weighted by Crippen LogP contribution is -2.06. The summed E-state index contributed by atoms with van der Waals surface area (Å²) >= 11 is 4.18. The average Bonchev–Trinajstić information content (AvgIpc) is 2.28. The smallest absolute Gasteiger partial charge is 0.166 e. The van der Waals surface area contributed by atoms with E-state index in [0.717, 1.165) is 6.07 Å². The molecule has 0 amide bonds. The van der Waals surface area contributed by atoms with E-state index in [-0.39, 0.29) is 5.56 Å². The summed E-state index contributed by atoms with van der Waals surface area (Å²) in [5.74, 6) is 0. The standard InChI is InChI=1S/C13H9F3S/c14-13(15,16)11-7-3-1-5-9(11)10-6-2-4-8-12(10)17/h1-8,17H. The van der Waals surface area contributed by atoms with Gasteiger partial charge in [0.1, 0.15) is 0 Å². The second-order valence-electron chi connectivity index (χ2n) is 3.56. The molecule has 0 bridgehead atoms. The summed E-state index contributed by atoms with van der Waals surface area (Å²) in [5, 5.41) is 0. The molecule has 2 aromatic rings. The molecule has 0 heterocycles. The molecule has 0 aromatic heterocycles. The monoisotopic (exact) mass is 254 g/mol. The van der Waals surface area contributed by atoms with Gasteiger partial charge in [0, 0.05) is 4.90 Å². The van der Waals surface area contributed by atoms with Crippen LogP contribution < -0.4 is 0 Å². The van der Waals surface area contributed by atoms with E-state index >= 15 is 0 Å². The van der Waals surface area contributed by atoms with E-state index in [9.17, 15) is 13.2 Å². The van der Waals surface area contributed by atoms with Crippen molar-refractivity contribution in [3.8, 4) is 11.1 Å². The van der Waals surface area contributed by atoms with Crippen molar-refractivity contribution >= 4 is 12.6 Å². The summed E-state index contributed by atoms with van der Waals surface area (Å²) in [5.41, 5.74) is 0.0101. The first kappa shape index (κ1) is 12.0. The first-order chi connectivity index (χ1) is 8.00. The molecule has 0 radical (unpaired) electrons. The van der Waals surface area contributed by atoms with Crippen LogP contribution in [0, 0.1) is 0 Å². The van der Waals surface area contributed by atoms with Crippen molar-refractivity contribution in [1.29, 1.82) is 0 Å². The van der Waals surface area contributed by atoms with Gasteiger partial charge in [0.2, 0.25) is 0 Å². The van der Waals surface area contributed by atoms with Gasteiger partial charge in [-0.25, -0.2) is 0 Å². The lowest BCUT2D eigenvalue weighted by Gasteiger charge is -2.13. The third-order valence-corrected chi connectivity index (χ3v) is 2.82. The Hall–Kier alpha value is -1.42.